The van der Waals surface area contributed by atoms with Crippen molar-refractivity contribution >= 4 is 5.91 Å². The molecule has 0 radical (unpaired) electrons. The fraction of sp³-hybridized carbons (Fsp3) is 0.842. The van der Waals surface area contributed by atoms with Crippen LogP contribution >= 0.6 is 0 Å². The zero-order chi connectivity index (χ0) is 17.7. The predicted octanol–water partition coefficient (Wildman–Crippen LogP) is 3.21. The van der Waals surface area contributed by atoms with Crippen molar-refractivity contribution in [1.29, 1.82) is 0 Å². The smallest absolute Gasteiger partial charge is 0.234 e. The van der Waals surface area contributed by atoms with Crippen molar-refractivity contribution in [3.8, 4) is 0 Å². The van der Waals surface area contributed by atoms with E-state index in [1.165, 1.54) is 32.1 Å². The minimum Gasteiger partial charge on any atom is -0.352 e. The van der Waals surface area contributed by atoms with Crippen molar-refractivity contribution in [2.24, 2.45) is 5.92 Å². The van der Waals surface area contributed by atoms with Crippen molar-refractivity contribution in [2.45, 2.75) is 89.6 Å². The Kier molecular flexibility index (Phi) is 6.10. The number of amides is 1. The number of nitrogens with zero attached hydrogens (tertiary/aromatic N) is 2. The summed E-state index contributed by atoms with van der Waals surface area (Å²) in [7, 11) is 0. The van der Waals surface area contributed by atoms with Crippen LogP contribution in [0.3, 0.4) is 0 Å². The normalized spacial score (nSPS) is 26.8. The van der Waals surface area contributed by atoms with Crippen LogP contribution in [0.1, 0.15) is 82.8 Å². The minimum atomic E-state index is -0.330. The molecular weight excluding hydrogens is 316 g/mol. The van der Waals surface area contributed by atoms with E-state index in [4.69, 9.17) is 4.52 Å². The molecule has 0 aliphatic heterocycles. The highest BCUT2D eigenvalue weighted by molar-refractivity contribution is 5.78. The summed E-state index contributed by atoms with van der Waals surface area (Å²) in [5.41, 5.74) is -0.330. The summed E-state index contributed by atoms with van der Waals surface area (Å²) < 4.78 is 5.22. The molecule has 2 saturated carbocycles. The fourth-order valence-corrected chi connectivity index (χ4v) is 4.34. The SMILES string of the molecule is Cc1nc(C2(NCC(=O)N[C@@H]3CCCC[C@@H]3C)CCCCCC2)no1. The average molecular weight is 348 g/mol. The molecule has 2 aliphatic carbocycles. The fourth-order valence-electron chi connectivity index (χ4n) is 4.34. The van der Waals surface area contributed by atoms with Gasteiger partial charge in [0.1, 0.15) is 0 Å². The van der Waals surface area contributed by atoms with Crippen LogP contribution in [0.4, 0.5) is 0 Å². The highest BCUT2D eigenvalue weighted by Gasteiger charge is 2.37. The number of aryl methyl sites for hydroxylation is 1. The first-order valence-corrected chi connectivity index (χ1v) is 9.94. The Morgan fingerprint density at radius 2 is 1.88 bits per heavy atom. The Labute approximate surface area is 150 Å². The van der Waals surface area contributed by atoms with Gasteiger partial charge in [0.2, 0.25) is 11.8 Å². The van der Waals surface area contributed by atoms with Gasteiger partial charge in [0.05, 0.1) is 12.1 Å². The van der Waals surface area contributed by atoms with Gasteiger partial charge in [0.25, 0.3) is 0 Å². The summed E-state index contributed by atoms with van der Waals surface area (Å²) in [5.74, 6) is 1.96. The van der Waals surface area contributed by atoms with E-state index in [0.29, 0.717) is 30.2 Å². The molecule has 2 aliphatic rings. The van der Waals surface area contributed by atoms with E-state index in [0.717, 1.165) is 32.1 Å². The molecule has 25 heavy (non-hydrogen) atoms. The van der Waals surface area contributed by atoms with Gasteiger partial charge in [-0.2, -0.15) is 4.98 Å². The molecule has 6 heteroatoms. The lowest BCUT2D eigenvalue weighted by Crippen LogP contribution is -2.50. The molecule has 0 aromatic carbocycles. The van der Waals surface area contributed by atoms with Gasteiger partial charge < -0.3 is 9.84 Å². The van der Waals surface area contributed by atoms with Crippen molar-refractivity contribution in [2.75, 3.05) is 6.54 Å². The lowest BCUT2D eigenvalue weighted by molar-refractivity contribution is -0.122. The Morgan fingerprint density at radius 3 is 2.52 bits per heavy atom. The van der Waals surface area contributed by atoms with Crippen LogP contribution < -0.4 is 10.6 Å². The highest BCUT2D eigenvalue weighted by atomic mass is 16.5. The number of nitrogens with one attached hydrogen (secondary N) is 2. The molecule has 3 rings (SSSR count). The second-order valence-corrected chi connectivity index (χ2v) is 7.92. The van der Waals surface area contributed by atoms with Crippen molar-refractivity contribution in [1.82, 2.24) is 20.8 Å². The number of hydrogen-bond acceptors (Lipinski definition) is 5. The van der Waals surface area contributed by atoms with Gasteiger partial charge in [-0.1, -0.05) is 50.6 Å². The van der Waals surface area contributed by atoms with E-state index in [-0.39, 0.29) is 11.4 Å². The molecule has 2 N–H and O–H groups in total. The molecule has 0 bridgehead atoms. The van der Waals surface area contributed by atoms with E-state index < -0.39 is 0 Å². The first kappa shape index (κ1) is 18.4. The van der Waals surface area contributed by atoms with Gasteiger partial charge in [0, 0.05) is 13.0 Å². The van der Waals surface area contributed by atoms with Gasteiger partial charge in [0.15, 0.2) is 5.82 Å². The summed E-state index contributed by atoms with van der Waals surface area (Å²) in [6, 6.07) is 0.320. The van der Waals surface area contributed by atoms with E-state index in [2.05, 4.69) is 27.7 Å². The van der Waals surface area contributed by atoms with Crippen LogP contribution in [-0.4, -0.2) is 28.6 Å². The number of carbonyl (C=O) groups excluding carboxylic acids is 1. The van der Waals surface area contributed by atoms with Gasteiger partial charge in [-0.25, -0.2) is 0 Å². The first-order chi connectivity index (χ1) is 12.1. The third-order valence-corrected chi connectivity index (χ3v) is 5.96. The maximum Gasteiger partial charge on any atom is 0.234 e. The van der Waals surface area contributed by atoms with Crippen molar-refractivity contribution in [3.05, 3.63) is 11.7 Å². The summed E-state index contributed by atoms with van der Waals surface area (Å²) in [4.78, 5) is 17.0. The predicted molar refractivity (Wildman–Crippen MR) is 96.0 cm³/mol. The molecule has 0 saturated heterocycles. The van der Waals surface area contributed by atoms with E-state index in [1.54, 1.807) is 0 Å². The lowest BCUT2D eigenvalue weighted by atomic mass is 9.86. The average Bonchev–Trinajstić information content (AvgIpc) is 2.90. The summed E-state index contributed by atoms with van der Waals surface area (Å²) in [6.07, 6.45) is 11.4. The number of rotatable bonds is 5. The van der Waals surface area contributed by atoms with E-state index in [9.17, 15) is 4.79 Å². The number of hydrogen-bond donors (Lipinski definition) is 2. The summed E-state index contributed by atoms with van der Waals surface area (Å²) >= 11 is 0. The van der Waals surface area contributed by atoms with Crippen molar-refractivity contribution < 1.29 is 9.32 Å². The Morgan fingerprint density at radius 1 is 1.16 bits per heavy atom. The quantitative estimate of drug-likeness (QED) is 0.799. The summed E-state index contributed by atoms with van der Waals surface area (Å²) in [5, 5.41) is 10.9. The maximum absolute atomic E-state index is 12.5. The zero-order valence-electron chi connectivity index (χ0n) is 15.6. The molecule has 2 atom stereocenters. The molecule has 1 aromatic heterocycles. The number of carbonyl (C=O) groups is 1. The first-order valence-electron chi connectivity index (χ1n) is 9.94. The maximum atomic E-state index is 12.5. The van der Waals surface area contributed by atoms with Crippen LogP contribution in [-0.2, 0) is 10.3 Å². The largest absolute Gasteiger partial charge is 0.352 e. The van der Waals surface area contributed by atoms with E-state index >= 15 is 0 Å². The Bertz CT molecular complexity index is 564. The van der Waals surface area contributed by atoms with Crippen LogP contribution in [0.5, 0.6) is 0 Å². The van der Waals surface area contributed by atoms with Crippen LogP contribution in [0.25, 0.3) is 0 Å². The standard InChI is InChI=1S/C19H32N4O2/c1-14-9-5-6-10-16(14)22-17(24)13-20-19(11-7-3-4-8-12-19)18-21-15(2)25-23-18/h14,16,20H,3-13H2,1-2H3,(H,22,24)/t14-,16+/m0/s1. The Balaban J connectivity index is 1.63. The molecule has 1 aromatic rings. The minimum absolute atomic E-state index is 0.0857. The zero-order valence-corrected chi connectivity index (χ0v) is 15.6. The van der Waals surface area contributed by atoms with Crippen LogP contribution in [0, 0.1) is 12.8 Å². The summed E-state index contributed by atoms with van der Waals surface area (Å²) in [6.45, 7) is 4.38. The van der Waals surface area contributed by atoms with Crippen LogP contribution in [0.15, 0.2) is 4.52 Å². The van der Waals surface area contributed by atoms with Gasteiger partial charge >= 0.3 is 0 Å². The Hall–Kier alpha value is -1.43. The molecule has 1 amide bonds. The molecule has 0 unspecified atom stereocenters. The van der Waals surface area contributed by atoms with Crippen LogP contribution in [0.2, 0.25) is 0 Å². The monoisotopic (exact) mass is 348 g/mol. The second-order valence-electron chi connectivity index (χ2n) is 7.92. The van der Waals surface area contributed by atoms with E-state index in [1.807, 2.05) is 6.92 Å². The molecular formula is C19H32N4O2. The third-order valence-electron chi connectivity index (χ3n) is 5.96. The number of aromatic nitrogens is 2. The molecule has 0 spiro atoms. The topological polar surface area (TPSA) is 80.0 Å². The third kappa shape index (κ3) is 4.60. The highest BCUT2D eigenvalue weighted by Crippen LogP contribution is 2.34. The van der Waals surface area contributed by atoms with Crippen molar-refractivity contribution in [3.63, 3.8) is 0 Å². The van der Waals surface area contributed by atoms with Gasteiger partial charge in [-0.3, -0.25) is 10.1 Å². The molecule has 2 fully saturated rings. The van der Waals surface area contributed by atoms with Gasteiger partial charge in [-0.05, 0) is 31.6 Å². The molecule has 140 valence electrons. The second kappa shape index (κ2) is 8.30. The lowest BCUT2D eigenvalue weighted by Gasteiger charge is -2.32. The molecule has 1 heterocycles. The van der Waals surface area contributed by atoms with Gasteiger partial charge in [-0.15, -0.1) is 0 Å². The molecule has 6 nitrogen and oxygen atoms in total.